The SMILES string of the molecule is CCN(CC)CCc1c(C)[nH]c(C=C2C(=O)NN=C2c2cnccn2)c1C1CCCC1. The largest absolute Gasteiger partial charge is 0.359 e. The van der Waals surface area contributed by atoms with Gasteiger partial charge in [0.1, 0.15) is 11.4 Å². The number of amides is 1. The second-order valence-corrected chi connectivity index (χ2v) is 8.36. The van der Waals surface area contributed by atoms with Gasteiger partial charge in [-0.25, -0.2) is 5.43 Å². The maximum absolute atomic E-state index is 12.6. The van der Waals surface area contributed by atoms with Crippen LogP contribution in [0.3, 0.4) is 0 Å². The van der Waals surface area contributed by atoms with Crippen LogP contribution in [0.4, 0.5) is 0 Å². The van der Waals surface area contributed by atoms with Gasteiger partial charge < -0.3 is 9.88 Å². The Bertz CT molecular complexity index is 981. The Morgan fingerprint density at radius 1 is 1.19 bits per heavy atom. The summed E-state index contributed by atoms with van der Waals surface area (Å²) in [4.78, 5) is 27.1. The van der Waals surface area contributed by atoms with Crippen LogP contribution in [0.1, 0.15) is 73.7 Å². The van der Waals surface area contributed by atoms with Crippen molar-refractivity contribution in [3.8, 4) is 0 Å². The molecule has 164 valence electrons. The van der Waals surface area contributed by atoms with Crippen LogP contribution in [0.25, 0.3) is 6.08 Å². The van der Waals surface area contributed by atoms with Crippen molar-refractivity contribution in [2.45, 2.75) is 58.8 Å². The fourth-order valence-electron chi connectivity index (χ4n) is 4.87. The number of nitrogens with one attached hydrogen (secondary N) is 2. The third-order valence-electron chi connectivity index (χ3n) is 6.59. The van der Waals surface area contributed by atoms with Gasteiger partial charge in [0.2, 0.25) is 0 Å². The molecule has 2 N–H and O–H groups in total. The summed E-state index contributed by atoms with van der Waals surface area (Å²) in [6.45, 7) is 9.76. The van der Waals surface area contributed by atoms with Gasteiger partial charge in [-0.15, -0.1) is 0 Å². The average Bonchev–Trinajstić information content (AvgIpc) is 3.50. The van der Waals surface area contributed by atoms with Crippen molar-refractivity contribution in [3.63, 3.8) is 0 Å². The number of aryl methyl sites for hydroxylation is 1. The number of rotatable bonds is 8. The van der Waals surface area contributed by atoms with Crippen LogP contribution in [-0.2, 0) is 11.2 Å². The lowest BCUT2D eigenvalue weighted by Crippen LogP contribution is -2.25. The number of aromatic nitrogens is 3. The molecule has 0 atom stereocenters. The number of carbonyl (C=O) groups excluding carboxylic acids is 1. The van der Waals surface area contributed by atoms with Crippen molar-refractivity contribution in [1.82, 2.24) is 25.3 Å². The van der Waals surface area contributed by atoms with E-state index >= 15 is 0 Å². The highest BCUT2D eigenvalue weighted by Crippen LogP contribution is 2.40. The second-order valence-electron chi connectivity index (χ2n) is 8.36. The van der Waals surface area contributed by atoms with E-state index in [1.54, 1.807) is 18.6 Å². The molecule has 1 aliphatic carbocycles. The van der Waals surface area contributed by atoms with E-state index in [0.717, 1.165) is 31.7 Å². The molecule has 2 aromatic heterocycles. The predicted octanol–water partition coefficient (Wildman–Crippen LogP) is 3.57. The molecule has 7 nitrogen and oxygen atoms in total. The maximum Gasteiger partial charge on any atom is 0.273 e. The normalized spacial score (nSPS) is 18.3. The van der Waals surface area contributed by atoms with Gasteiger partial charge >= 0.3 is 0 Å². The zero-order valence-corrected chi connectivity index (χ0v) is 18.7. The molecule has 0 radical (unpaired) electrons. The zero-order chi connectivity index (χ0) is 21.8. The number of hydrogen-bond donors (Lipinski definition) is 2. The summed E-state index contributed by atoms with van der Waals surface area (Å²) in [6, 6.07) is 0. The van der Waals surface area contributed by atoms with Crippen LogP contribution in [0.5, 0.6) is 0 Å². The predicted molar refractivity (Wildman–Crippen MR) is 123 cm³/mol. The Morgan fingerprint density at radius 2 is 1.97 bits per heavy atom. The molecule has 4 rings (SSSR count). The second kappa shape index (κ2) is 9.56. The number of carbonyl (C=O) groups is 1. The summed E-state index contributed by atoms with van der Waals surface area (Å²) in [5.74, 6) is 0.347. The van der Waals surface area contributed by atoms with Gasteiger partial charge in [0.15, 0.2) is 0 Å². The van der Waals surface area contributed by atoms with Crippen molar-refractivity contribution < 1.29 is 4.79 Å². The highest BCUT2D eigenvalue weighted by atomic mass is 16.2. The van der Waals surface area contributed by atoms with Crippen LogP contribution in [-0.4, -0.2) is 51.1 Å². The summed E-state index contributed by atoms with van der Waals surface area (Å²) in [6.07, 6.45) is 12.8. The standard InChI is InChI=1S/C24H32N6O/c1-4-30(5-2)13-10-18-16(3)27-20(22(18)17-8-6-7-9-17)14-19-23(28-29-24(19)31)21-15-25-11-12-26-21/h11-12,14-15,17,27H,4-10,13H2,1-3H3,(H,29,31). The number of H-pyrrole nitrogens is 1. The van der Waals surface area contributed by atoms with E-state index in [1.807, 2.05) is 6.08 Å². The molecule has 1 saturated carbocycles. The van der Waals surface area contributed by atoms with Crippen LogP contribution in [0, 0.1) is 6.92 Å². The summed E-state index contributed by atoms with van der Waals surface area (Å²) in [7, 11) is 0. The van der Waals surface area contributed by atoms with E-state index in [1.165, 1.54) is 42.5 Å². The zero-order valence-electron chi connectivity index (χ0n) is 18.7. The number of hydrazone groups is 1. The first-order chi connectivity index (χ1) is 15.1. The van der Waals surface area contributed by atoms with Gasteiger partial charge in [0, 0.05) is 30.3 Å². The third-order valence-corrected chi connectivity index (χ3v) is 6.59. The van der Waals surface area contributed by atoms with Gasteiger partial charge in [-0.1, -0.05) is 26.7 Å². The minimum Gasteiger partial charge on any atom is -0.359 e. The number of aromatic amines is 1. The molecule has 1 amide bonds. The first kappa shape index (κ1) is 21.4. The first-order valence-corrected chi connectivity index (χ1v) is 11.4. The molecule has 0 unspecified atom stereocenters. The molecular formula is C24H32N6O. The van der Waals surface area contributed by atoms with Crippen molar-refractivity contribution >= 4 is 17.7 Å². The summed E-state index contributed by atoms with van der Waals surface area (Å²) in [5.41, 5.74) is 9.34. The highest BCUT2D eigenvalue weighted by Gasteiger charge is 2.29. The van der Waals surface area contributed by atoms with E-state index in [-0.39, 0.29) is 5.91 Å². The van der Waals surface area contributed by atoms with E-state index in [4.69, 9.17) is 0 Å². The van der Waals surface area contributed by atoms with Crippen molar-refractivity contribution in [2.24, 2.45) is 5.10 Å². The minimum absolute atomic E-state index is 0.199. The van der Waals surface area contributed by atoms with Crippen molar-refractivity contribution in [2.75, 3.05) is 19.6 Å². The Balaban J connectivity index is 1.73. The molecule has 1 fully saturated rings. The Morgan fingerprint density at radius 3 is 2.65 bits per heavy atom. The number of hydrogen-bond acceptors (Lipinski definition) is 5. The maximum atomic E-state index is 12.6. The molecular weight excluding hydrogens is 388 g/mol. The molecule has 0 bridgehead atoms. The fourth-order valence-corrected chi connectivity index (χ4v) is 4.87. The quantitative estimate of drug-likeness (QED) is 0.639. The Labute approximate surface area is 184 Å². The van der Waals surface area contributed by atoms with Gasteiger partial charge in [-0.05, 0) is 62.4 Å². The molecule has 0 saturated heterocycles. The fraction of sp³-hybridized carbons (Fsp3) is 0.500. The molecule has 0 aromatic carbocycles. The lowest BCUT2D eigenvalue weighted by atomic mass is 9.90. The van der Waals surface area contributed by atoms with Crippen LogP contribution < -0.4 is 5.43 Å². The van der Waals surface area contributed by atoms with E-state index in [9.17, 15) is 4.79 Å². The molecule has 0 spiro atoms. The van der Waals surface area contributed by atoms with Crippen LogP contribution in [0.2, 0.25) is 0 Å². The molecule has 2 aromatic rings. The summed E-state index contributed by atoms with van der Waals surface area (Å²) in [5, 5.41) is 4.23. The topological polar surface area (TPSA) is 86.3 Å². The average molecular weight is 421 g/mol. The number of likely N-dealkylation sites (N-methyl/N-ethyl adjacent to an activating group) is 1. The Kier molecular flexibility index (Phi) is 6.61. The van der Waals surface area contributed by atoms with Gasteiger partial charge in [-0.2, -0.15) is 5.10 Å². The van der Waals surface area contributed by atoms with E-state index < -0.39 is 0 Å². The minimum atomic E-state index is -0.199. The van der Waals surface area contributed by atoms with Crippen molar-refractivity contribution in [1.29, 1.82) is 0 Å². The monoisotopic (exact) mass is 420 g/mol. The summed E-state index contributed by atoms with van der Waals surface area (Å²) < 4.78 is 0. The van der Waals surface area contributed by atoms with Gasteiger partial charge in [0.25, 0.3) is 5.91 Å². The van der Waals surface area contributed by atoms with E-state index in [0.29, 0.717) is 22.9 Å². The van der Waals surface area contributed by atoms with Crippen LogP contribution >= 0.6 is 0 Å². The van der Waals surface area contributed by atoms with Crippen molar-refractivity contribution in [3.05, 3.63) is 52.4 Å². The Hall–Kier alpha value is -2.80. The number of nitrogens with zero attached hydrogens (tertiary/aromatic N) is 4. The lowest BCUT2D eigenvalue weighted by Gasteiger charge is -2.19. The lowest BCUT2D eigenvalue weighted by molar-refractivity contribution is -0.116. The summed E-state index contributed by atoms with van der Waals surface area (Å²) >= 11 is 0. The molecule has 1 aliphatic heterocycles. The van der Waals surface area contributed by atoms with E-state index in [2.05, 4.69) is 51.2 Å². The first-order valence-electron chi connectivity index (χ1n) is 11.4. The molecule has 7 heteroatoms. The van der Waals surface area contributed by atoms with Gasteiger partial charge in [-0.3, -0.25) is 14.8 Å². The molecule has 31 heavy (non-hydrogen) atoms. The highest BCUT2D eigenvalue weighted by molar-refractivity contribution is 6.32. The van der Waals surface area contributed by atoms with Crippen LogP contribution in [0.15, 0.2) is 29.3 Å². The molecule has 2 aliphatic rings. The molecule has 3 heterocycles. The smallest absolute Gasteiger partial charge is 0.273 e. The van der Waals surface area contributed by atoms with Gasteiger partial charge in [0.05, 0.1) is 11.8 Å². The third kappa shape index (κ3) is 4.46.